The number of nitrogens with zero attached hydrogens (tertiary/aromatic N) is 1. The van der Waals surface area contributed by atoms with E-state index in [1.165, 1.54) is 12.1 Å². The van der Waals surface area contributed by atoms with Gasteiger partial charge in [-0.3, -0.25) is 0 Å². The molecule has 18 heavy (non-hydrogen) atoms. The second-order valence-electron chi connectivity index (χ2n) is 4.85. The second kappa shape index (κ2) is 4.80. The van der Waals surface area contributed by atoms with Gasteiger partial charge < -0.3 is 10.3 Å². The summed E-state index contributed by atoms with van der Waals surface area (Å²) in [7, 11) is 0. The van der Waals surface area contributed by atoms with Crippen LogP contribution in [0.3, 0.4) is 0 Å². The Kier molecular flexibility index (Phi) is 3.36. The number of rotatable bonds is 3. The zero-order valence-electron chi connectivity index (χ0n) is 10.8. The predicted molar refractivity (Wildman–Crippen MR) is 69.6 cm³/mol. The van der Waals surface area contributed by atoms with Crippen LogP contribution in [-0.2, 0) is 0 Å². The van der Waals surface area contributed by atoms with E-state index in [-0.39, 0.29) is 17.6 Å². The van der Waals surface area contributed by atoms with Crippen LogP contribution >= 0.6 is 0 Å². The van der Waals surface area contributed by atoms with Crippen molar-refractivity contribution >= 4 is 5.88 Å². The number of hydrogen-bond acceptors (Lipinski definition) is 3. The quantitative estimate of drug-likeness (QED) is 0.898. The molecule has 96 valence electrons. The van der Waals surface area contributed by atoms with E-state index < -0.39 is 0 Å². The molecular formula is C14H17FN2O. The lowest BCUT2D eigenvalue weighted by atomic mass is 9.90. The van der Waals surface area contributed by atoms with Gasteiger partial charge in [-0.25, -0.2) is 4.39 Å². The van der Waals surface area contributed by atoms with Gasteiger partial charge >= 0.3 is 0 Å². The van der Waals surface area contributed by atoms with Gasteiger partial charge in [-0.05, 0) is 23.6 Å². The van der Waals surface area contributed by atoms with Crippen LogP contribution in [0.4, 0.5) is 10.3 Å². The molecule has 0 aliphatic carbocycles. The molecule has 2 aromatic rings. The summed E-state index contributed by atoms with van der Waals surface area (Å²) in [6.45, 7) is 6.26. The van der Waals surface area contributed by atoms with E-state index in [0.717, 1.165) is 5.69 Å². The molecule has 2 N–H and O–H groups in total. The van der Waals surface area contributed by atoms with Crippen molar-refractivity contribution in [2.24, 2.45) is 5.92 Å². The zero-order chi connectivity index (χ0) is 13.3. The monoisotopic (exact) mass is 248 g/mol. The summed E-state index contributed by atoms with van der Waals surface area (Å²) in [5.74, 6) is 0.547. The van der Waals surface area contributed by atoms with Crippen molar-refractivity contribution in [3.05, 3.63) is 35.8 Å². The number of hydrogen-bond donors (Lipinski definition) is 1. The van der Waals surface area contributed by atoms with E-state index in [4.69, 9.17) is 10.3 Å². The maximum Gasteiger partial charge on any atom is 0.230 e. The average Bonchev–Trinajstić information content (AvgIpc) is 2.70. The highest BCUT2D eigenvalue weighted by Crippen LogP contribution is 2.36. The third-order valence-electron chi connectivity index (χ3n) is 3.29. The molecular weight excluding hydrogens is 231 g/mol. The molecule has 0 spiro atoms. The van der Waals surface area contributed by atoms with Gasteiger partial charge in [-0.15, -0.1) is 0 Å². The first-order valence-corrected chi connectivity index (χ1v) is 6.01. The summed E-state index contributed by atoms with van der Waals surface area (Å²) in [5.41, 5.74) is 8.00. The first-order chi connectivity index (χ1) is 8.50. The Bertz CT molecular complexity index is 548. The molecule has 0 amide bonds. The molecule has 0 saturated heterocycles. The topological polar surface area (TPSA) is 52.0 Å². The summed E-state index contributed by atoms with van der Waals surface area (Å²) in [5, 5.41) is 4.02. The number of aromatic nitrogens is 1. The highest BCUT2D eigenvalue weighted by molar-refractivity contribution is 5.75. The van der Waals surface area contributed by atoms with Crippen LogP contribution in [0, 0.1) is 11.7 Å². The number of benzene rings is 1. The van der Waals surface area contributed by atoms with Crippen LogP contribution in [0.1, 0.15) is 32.4 Å². The van der Waals surface area contributed by atoms with Crippen LogP contribution in [0.15, 0.2) is 28.8 Å². The van der Waals surface area contributed by atoms with Crippen molar-refractivity contribution in [1.29, 1.82) is 0 Å². The molecule has 1 unspecified atom stereocenters. The van der Waals surface area contributed by atoms with Gasteiger partial charge in [0.2, 0.25) is 5.88 Å². The van der Waals surface area contributed by atoms with E-state index in [1.54, 1.807) is 6.07 Å². The van der Waals surface area contributed by atoms with Crippen LogP contribution < -0.4 is 5.73 Å². The lowest BCUT2D eigenvalue weighted by Gasteiger charge is -2.14. The molecule has 0 bridgehead atoms. The van der Waals surface area contributed by atoms with Gasteiger partial charge in [-0.2, -0.15) is 0 Å². The molecule has 0 fully saturated rings. The van der Waals surface area contributed by atoms with E-state index in [2.05, 4.69) is 25.9 Å². The van der Waals surface area contributed by atoms with E-state index in [0.29, 0.717) is 17.0 Å². The minimum absolute atomic E-state index is 0.198. The van der Waals surface area contributed by atoms with Crippen LogP contribution in [-0.4, -0.2) is 5.16 Å². The number of halogens is 1. The fourth-order valence-corrected chi connectivity index (χ4v) is 1.88. The van der Waals surface area contributed by atoms with Crippen LogP contribution in [0.25, 0.3) is 11.1 Å². The summed E-state index contributed by atoms with van der Waals surface area (Å²) in [4.78, 5) is 0. The molecule has 1 aromatic heterocycles. The number of nitrogens with two attached hydrogens (primary N) is 1. The molecule has 1 aromatic carbocycles. The lowest BCUT2D eigenvalue weighted by molar-refractivity contribution is 0.407. The molecule has 1 atom stereocenters. The first-order valence-electron chi connectivity index (χ1n) is 6.01. The highest BCUT2D eigenvalue weighted by atomic mass is 19.1. The SMILES string of the molecule is CC(C)C(C)c1noc(N)c1-c1cccc(F)c1. The molecule has 4 heteroatoms. The molecule has 0 saturated carbocycles. The van der Waals surface area contributed by atoms with Crippen molar-refractivity contribution in [2.75, 3.05) is 5.73 Å². The van der Waals surface area contributed by atoms with Crippen LogP contribution in [0.2, 0.25) is 0 Å². The molecule has 3 nitrogen and oxygen atoms in total. The molecule has 2 rings (SSSR count). The Morgan fingerprint density at radius 2 is 2.00 bits per heavy atom. The minimum Gasteiger partial charge on any atom is -0.367 e. The highest BCUT2D eigenvalue weighted by Gasteiger charge is 2.22. The fraction of sp³-hybridized carbons (Fsp3) is 0.357. The van der Waals surface area contributed by atoms with E-state index >= 15 is 0 Å². The fourth-order valence-electron chi connectivity index (χ4n) is 1.88. The van der Waals surface area contributed by atoms with Gasteiger partial charge in [0.25, 0.3) is 0 Å². The van der Waals surface area contributed by atoms with Gasteiger partial charge in [0.15, 0.2) is 0 Å². The molecule has 0 aliphatic rings. The van der Waals surface area contributed by atoms with Gasteiger partial charge in [-0.1, -0.05) is 38.1 Å². The Balaban J connectivity index is 2.53. The lowest BCUT2D eigenvalue weighted by Crippen LogP contribution is -2.04. The molecule has 0 aliphatic heterocycles. The van der Waals surface area contributed by atoms with Crippen molar-refractivity contribution in [1.82, 2.24) is 5.16 Å². The van der Waals surface area contributed by atoms with Gasteiger partial charge in [0.1, 0.15) is 5.82 Å². The molecule has 1 heterocycles. The van der Waals surface area contributed by atoms with Crippen molar-refractivity contribution in [3.63, 3.8) is 0 Å². The van der Waals surface area contributed by atoms with E-state index in [1.807, 2.05) is 6.07 Å². The van der Waals surface area contributed by atoms with E-state index in [9.17, 15) is 4.39 Å². The second-order valence-corrected chi connectivity index (χ2v) is 4.85. The maximum atomic E-state index is 13.3. The van der Waals surface area contributed by atoms with Gasteiger partial charge in [0.05, 0.1) is 11.3 Å². The van der Waals surface area contributed by atoms with Gasteiger partial charge in [0, 0.05) is 5.92 Å². The maximum absolute atomic E-state index is 13.3. The van der Waals surface area contributed by atoms with Crippen LogP contribution in [0.5, 0.6) is 0 Å². The standard InChI is InChI=1S/C14H17FN2O/c1-8(2)9(3)13-12(14(16)18-17-13)10-5-4-6-11(15)7-10/h4-9H,16H2,1-3H3. The van der Waals surface area contributed by atoms with Crippen molar-refractivity contribution in [3.8, 4) is 11.1 Å². The Hall–Kier alpha value is -1.84. The summed E-state index contributed by atoms with van der Waals surface area (Å²) >= 11 is 0. The molecule has 0 radical (unpaired) electrons. The number of anilines is 1. The first kappa shape index (κ1) is 12.6. The smallest absolute Gasteiger partial charge is 0.230 e. The largest absolute Gasteiger partial charge is 0.367 e. The normalized spacial score (nSPS) is 12.9. The Labute approximate surface area is 106 Å². The Morgan fingerprint density at radius 3 is 2.61 bits per heavy atom. The summed E-state index contributed by atoms with van der Waals surface area (Å²) in [6, 6.07) is 6.31. The third-order valence-corrected chi connectivity index (χ3v) is 3.29. The average molecular weight is 248 g/mol. The van der Waals surface area contributed by atoms with Crippen molar-refractivity contribution in [2.45, 2.75) is 26.7 Å². The number of nitrogen functional groups attached to an aromatic ring is 1. The Morgan fingerprint density at radius 1 is 1.28 bits per heavy atom. The minimum atomic E-state index is -0.295. The third kappa shape index (κ3) is 2.23. The summed E-state index contributed by atoms with van der Waals surface area (Å²) in [6.07, 6.45) is 0. The zero-order valence-corrected chi connectivity index (χ0v) is 10.8. The predicted octanol–water partition coefficient (Wildman–Crippen LogP) is 3.82. The van der Waals surface area contributed by atoms with Crippen molar-refractivity contribution < 1.29 is 8.91 Å². The summed E-state index contributed by atoms with van der Waals surface area (Å²) < 4.78 is 18.4.